The normalized spacial score (nSPS) is 20.7. The van der Waals surface area contributed by atoms with E-state index >= 15 is 0 Å². The fourth-order valence-electron chi connectivity index (χ4n) is 15.9. The van der Waals surface area contributed by atoms with Crippen molar-refractivity contribution in [3.8, 4) is 0 Å². The second kappa shape index (κ2) is 71.9. The van der Waals surface area contributed by atoms with Gasteiger partial charge >= 0.3 is 39.5 Å². The van der Waals surface area contributed by atoms with Crippen LogP contribution in [0.1, 0.15) is 440 Å². The average Bonchev–Trinajstić information content (AvgIpc) is 0.849. The Hall–Kier alpha value is -3.24. The van der Waals surface area contributed by atoms with Crippen LogP contribution in [0.4, 0.5) is 0 Å². The monoisotopic (exact) mass is 1740 g/mol. The highest BCUT2D eigenvalue weighted by atomic mass is 31.2. The van der Waals surface area contributed by atoms with Crippen molar-refractivity contribution in [3.05, 3.63) is 0 Å². The standard InChI is InChI=1S/C90H170N2O25P2/c1-7-13-19-25-31-36-42-48-54-60-72(95)66-82(101)115-88-84(92-78(97)68-74(62-56-50-44-38-33-27-21-15-9-3)111-80(99)64-58-52-46-40-35-29-23-17-11-5)89(112-75(69-93)86(88)116-118(103,104)105)109-70-76-85(102)87(114-81(100)65-71(94)59-53-47-41-30-24-18-12-6)83(90(113-76)117-119(106,107)108)91-77(96)67-73(61-55-49-43-37-32-26-20-14-8-2)110-79(98)63-57-51-45-39-34-28-22-16-10-4/h71-76,83-90,93-95,102H,7-70H2,1-6H3,(H,91,96)(H,92,97)(H2,103,104,105)(H2,106,107,108)/t71-,72-,73-,74-,75-,76-,83-,84-,85-,86-,87-,88-,89-,90-/m1/s1. The van der Waals surface area contributed by atoms with E-state index in [-0.39, 0.29) is 38.5 Å². The van der Waals surface area contributed by atoms with Crippen molar-refractivity contribution >= 4 is 51.3 Å². The molecule has 0 spiro atoms. The van der Waals surface area contributed by atoms with Crippen molar-refractivity contribution in [1.82, 2.24) is 10.6 Å². The topological polar surface area (TPSA) is 406 Å². The Morgan fingerprint density at radius 1 is 0.345 bits per heavy atom. The van der Waals surface area contributed by atoms with Crippen molar-refractivity contribution in [2.24, 2.45) is 0 Å². The van der Waals surface area contributed by atoms with Crippen molar-refractivity contribution in [1.29, 1.82) is 0 Å². The molecule has 27 nitrogen and oxygen atoms in total. The predicted octanol–water partition coefficient (Wildman–Crippen LogP) is 19.0. The number of phosphoric acid groups is 2. The Morgan fingerprint density at radius 2 is 0.630 bits per heavy atom. The van der Waals surface area contributed by atoms with Gasteiger partial charge < -0.3 is 83.8 Å². The van der Waals surface area contributed by atoms with Gasteiger partial charge in [0.05, 0.1) is 51.1 Å². The molecule has 10 N–H and O–H groups in total. The molecule has 2 rings (SSSR count). The zero-order chi connectivity index (χ0) is 87.6. The van der Waals surface area contributed by atoms with Gasteiger partial charge in [-0.2, -0.15) is 0 Å². The van der Waals surface area contributed by atoms with Gasteiger partial charge in [-0.25, -0.2) is 9.13 Å². The molecule has 119 heavy (non-hydrogen) atoms. The molecule has 700 valence electrons. The Bertz CT molecular complexity index is 2640. The van der Waals surface area contributed by atoms with Gasteiger partial charge in [0, 0.05) is 12.8 Å². The number of phosphoric ester groups is 2. The third kappa shape index (κ3) is 58.6. The first-order valence-electron chi connectivity index (χ1n) is 47.7. The molecule has 2 amide bonds. The predicted molar refractivity (Wildman–Crippen MR) is 462 cm³/mol. The number of unbranched alkanes of at least 4 members (excludes halogenated alkanes) is 46. The summed E-state index contributed by atoms with van der Waals surface area (Å²) >= 11 is 0. The fraction of sp³-hybridized carbons (Fsp3) is 0.933. The Labute approximate surface area is 717 Å². The molecule has 2 heterocycles. The molecule has 14 atom stereocenters. The molecular weight excluding hydrogens is 1570 g/mol. The number of hydrogen-bond acceptors (Lipinski definition) is 21. The highest BCUT2D eigenvalue weighted by Gasteiger charge is 2.55. The minimum absolute atomic E-state index is 0.0885. The summed E-state index contributed by atoms with van der Waals surface area (Å²) in [7, 11) is -11.4. The average molecular weight is 1740 g/mol. The molecule has 2 aliphatic heterocycles. The molecule has 0 radical (unpaired) electrons. The lowest BCUT2D eigenvalue weighted by Gasteiger charge is -2.47. The van der Waals surface area contributed by atoms with Crippen LogP contribution in [-0.4, -0.2) is 175 Å². The van der Waals surface area contributed by atoms with Gasteiger partial charge in [-0.15, -0.1) is 0 Å². The van der Waals surface area contributed by atoms with Crippen LogP contribution in [0.3, 0.4) is 0 Å². The van der Waals surface area contributed by atoms with E-state index in [2.05, 4.69) is 52.2 Å². The van der Waals surface area contributed by atoms with E-state index in [0.29, 0.717) is 38.5 Å². The number of aliphatic hydroxyl groups excluding tert-OH is 4. The van der Waals surface area contributed by atoms with Crippen LogP contribution in [0.25, 0.3) is 0 Å². The van der Waals surface area contributed by atoms with Crippen molar-refractivity contribution in [2.75, 3.05) is 13.2 Å². The molecule has 0 unspecified atom stereocenters. The van der Waals surface area contributed by atoms with E-state index in [4.69, 9.17) is 42.2 Å². The Kier molecular flexibility index (Phi) is 67.5. The highest BCUT2D eigenvalue weighted by Crippen LogP contribution is 2.44. The molecular formula is C90H170N2O25P2. The van der Waals surface area contributed by atoms with Crippen LogP contribution in [0.5, 0.6) is 0 Å². The molecule has 0 bridgehead atoms. The zero-order valence-electron chi connectivity index (χ0n) is 74.8. The van der Waals surface area contributed by atoms with Crippen molar-refractivity contribution in [3.63, 3.8) is 0 Å². The van der Waals surface area contributed by atoms with E-state index < -0.39 is 176 Å². The summed E-state index contributed by atoms with van der Waals surface area (Å²) in [4.78, 5) is 128. The number of rotatable bonds is 80. The second-order valence-corrected chi connectivity index (χ2v) is 36.5. The minimum atomic E-state index is -5.71. The first-order valence-corrected chi connectivity index (χ1v) is 50.8. The first kappa shape index (κ1) is 112. The number of hydrogen-bond donors (Lipinski definition) is 10. The number of carbonyl (C=O) groups excluding carboxylic acids is 6. The SMILES string of the molecule is CCCCCCCCCCCC(=O)O[C@H](CCCCCCCCCCC)CC(=O)N[C@H]1[C@H](OC[C@H]2O[C@H](OP(=O)(O)O)[C@H](NC(=O)C[C@@H](CCCCCCCCCCC)OC(=O)CCCCCCCCCCC)[C@@H](OC(=O)C[C@H](O)CCCCCCCCC)[C@@H]2O)O[C@H](CO)[C@@H](OP(=O)(O)O)[C@@H]1OC(=O)C[C@H](O)CCCCCCCCCCC. The van der Waals surface area contributed by atoms with Crippen LogP contribution >= 0.6 is 15.6 Å². The molecule has 0 saturated carbocycles. The zero-order valence-corrected chi connectivity index (χ0v) is 76.5. The van der Waals surface area contributed by atoms with Crippen LogP contribution in [0.15, 0.2) is 0 Å². The fourth-order valence-corrected chi connectivity index (χ4v) is 16.9. The number of carbonyl (C=O) groups is 6. The molecule has 2 saturated heterocycles. The quantitative estimate of drug-likeness (QED) is 0.0117. The maximum atomic E-state index is 15.0. The first-order chi connectivity index (χ1) is 57.3. The summed E-state index contributed by atoms with van der Waals surface area (Å²) in [5, 5.41) is 51.6. The van der Waals surface area contributed by atoms with Gasteiger partial charge in [0.15, 0.2) is 24.8 Å². The summed E-state index contributed by atoms with van der Waals surface area (Å²) in [5.41, 5.74) is 0. The summed E-state index contributed by atoms with van der Waals surface area (Å²) < 4.78 is 79.6. The van der Waals surface area contributed by atoms with Gasteiger partial charge in [0.2, 0.25) is 11.8 Å². The van der Waals surface area contributed by atoms with Gasteiger partial charge in [0.25, 0.3) is 0 Å². The Morgan fingerprint density at radius 3 is 0.950 bits per heavy atom. The maximum absolute atomic E-state index is 15.0. The van der Waals surface area contributed by atoms with Crippen molar-refractivity contribution in [2.45, 2.75) is 525 Å². The lowest BCUT2D eigenvalue weighted by Crippen LogP contribution is -2.68. The summed E-state index contributed by atoms with van der Waals surface area (Å²) in [6, 6.07) is -3.86. The second-order valence-electron chi connectivity index (χ2n) is 34.1. The summed E-state index contributed by atoms with van der Waals surface area (Å²) in [6.45, 7) is 10.8. The Balaban J connectivity index is 2.81. The van der Waals surface area contributed by atoms with Crippen LogP contribution < -0.4 is 10.6 Å². The third-order valence-electron chi connectivity index (χ3n) is 22.9. The number of nitrogens with one attached hydrogen (secondary N) is 2. The number of ether oxygens (including phenoxy) is 7. The number of esters is 4. The van der Waals surface area contributed by atoms with Gasteiger partial charge in [-0.3, -0.25) is 37.8 Å². The molecule has 0 aromatic rings. The molecule has 0 aromatic heterocycles. The van der Waals surface area contributed by atoms with Crippen LogP contribution in [0, 0.1) is 0 Å². The molecule has 2 aliphatic rings. The van der Waals surface area contributed by atoms with E-state index in [9.17, 15) is 77.9 Å². The van der Waals surface area contributed by atoms with E-state index in [1.54, 1.807) is 0 Å². The third-order valence-corrected chi connectivity index (χ3v) is 23.9. The van der Waals surface area contributed by atoms with E-state index in [1.807, 2.05) is 0 Å². The van der Waals surface area contributed by atoms with Gasteiger partial charge in [0.1, 0.15) is 48.7 Å². The van der Waals surface area contributed by atoms with Crippen LogP contribution in [0.2, 0.25) is 0 Å². The maximum Gasteiger partial charge on any atom is 0.472 e. The van der Waals surface area contributed by atoms with Crippen LogP contribution in [-0.2, 0) is 80.1 Å². The lowest BCUT2D eigenvalue weighted by atomic mass is 9.95. The molecule has 2 fully saturated rings. The highest BCUT2D eigenvalue weighted by molar-refractivity contribution is 7.46. The summed E-state index contributed by atoms with van der Waals surface area (Å²) in [5.74, 6) is -5.03. The van der Waals surface area contributed by atoms with E-state index in [1.165, 1.54) is 38.5 Å². The van der Waals surface area contributed by atoms with Gasteiger partial charge in [-0.1, -0.05) is 350 Å². The van der Waals surface area contributed by atoms with Gasteiger partial charge in [-0.05, 0) is 51.4 Å². The minimum Gasteiger partial charge on any atom is -0.462 e. The largest absolute Gasteiger partial charge is 0.472 e. The number of aliphatic hydroxyl groups is 4. The smallest absolute Gasteiger partial charge is 0.462 e. The lowest BCUT2D eigenvalue weighted by molar-refractivity contribution is -0.296. The molecule has 29 heteroatoms. The van der Waals surface area contributed by atoms with Crippen molar-refractivity contribution < 1.29 is 120 Å². The molecule has 0 aromatic carbocycles. The van der Waals surface area contributed by atoms with E-state index in [0.717, 1.165) is 257 Å². The number of amides is 2. The summed E-state index contributed by atoms with van der Waals surface area (Å²) in [6.07, 6.45) is 29.1. The molecule has 0 aliphatic carbocycles.